The van der Waals surface area contributed by atoms with E-state index in [0.29, 0.717) is 22.6 Å². The largest absolute Gasteiger partial charge is 0.399 e. The van der Waals surface area contributed by atoms with E-state index in [1.165, 1.54) is 0 Å². The van der Waals surface area contributed by atoms with Crippen LogP contribution in [0.4, 0.5) is 5.69 Å². The Hall–Kier alpha value is -0.590. The number of nitrogens with zero attached hydrogens (tertiary/aromatic N) is 1. The summed E-state index contributed by atoms with van der Waals surface area (Å²) in [6.45, 7) is 4.64. The fraction of sp³-hybridized carbons (Fsp3) is 0.600. The molecule has 2 rings (SSSR count). The van der Waals surface area contributed by atoms with Gasteiger partial charge in [0.2, 0.25) is 10.0 Å². The molecule has 1 fully saturated rings. The van der Waals surface area contributed by atoms with Crippen molar-refractivity contribution in [3.8, 4) is 0 Å². The van der Waals surface area contributed by atoms with Gasteiger partial charge < -0.3 is 5.73 Å². The summed E-state index contributed by atoms with van der Waals surface area (Å²) >= 11 is 3.35. The number of hydrogen-bond acceptors (Lipinski definition) is 3. The molecule has 0 aromatic heterocycles. The first-order valence-electron chi connectivity index (χ1n) is 7.39. The lowest BCUT2D eigenvalue weighted by molar-refractivity contribution is 0.292. The second-order valence-electron chi connectivity index (χ2n) is 6.10. The lowest BCUT2D eigenvalue weighted by atomic mass is 10.2. The van der Waals surface area contributed by atoms with E-state index < -0.39 is 10.0 Å². The Balaban J connectivity index is 2.43. The summed E-state index contributed by atoms with van der Waals surface area (Å²) in [6, 6.07) is 5.06. The quantitative estimate of drug-likeness (QED) is 0.800. The molecule has 1 aliphatic rings. The zero-order valence-electron chi connectivity index (χ0n) is 12.5. The first-order chi connectivity index (χ1) is 9.82. The average Bonchev–Trinajstić information content (AvgIpc) is 2.92. The summed E-state index contributed by atoms with van der Waals surface area (Å²) in [5.74, 6) is 0.292. The van der Waals surface area contributed by atoms with Gasteiger partial charge in [-0.05, 0) is 52.9 Å². The lowest BCUT2D eigenvalue weighted by Crippen LogP contribution is -2.41. The summed E-state index contributed by atoms with van der Waals surface area (Å²) in [5.41, 5.74) is 6.24. The van der Waals surface area contributed by atoms with E-state index in [-0.39, 0.29) is 10.9 Å². The Labute approximate surface area is 135 Å². The fourth-order valence-electron chi connectivity index (χ4n) is 2.84. The van der Waals surface area contributed by atoms with Crippen molar-refractivity contribution in [3.05, 3.63) is 22.7 Å². The molecule has 0 heterocycles. The van der Waals surface area contributed by atoms with Crippen LogP contribution in [0.25, 0.3) is 0 Å². The summed E-state index contributed by atoms with van der Waals surface area (Å²) in [7, 11) is -3.53. The van der Waals surface area contributed by atoms with Gasteiger partial charge in [-0.25, -0.2) is 8.42 Å². The van der Waals surface area contributed by atoms with Crippen LogP contribution in [0.15, 0.2) is 27.6 Å². The van der Waals surface area contributed by atoms with Crippen LogP contribution in [-0.2, 0) is 10.0 Å². The number of hydrogen-bond donors (Lipinski definition) is 1. The highest BCUT2D eigenvalue weighted by Gasteiger charge is 2.34. The smallest absolute Gasteiger partial charge is 0.244 e. The fourth-order valence-corrected chi connectivity index (χ4v) is 5.65. The van der Waals surface area contributed by atoms with Crippen LogP contribution in [-0.4, -0.2) is 25.3 Å². The average molecular weight is 375 g/mol. The zero-order valence-corrected chi connectivity index (χ0v) is 15.0. The third-order valence-electron chi connectivity index (χ3n) is 3.82. The second kappa shape index (κ2) is 6.67. The van der Waals surface area contributed by atoms with Gasteiger partial charge in [0.05, 0.1) is 4.90 Å². The Kier molecular flexibility index (Phi) is 5.33. The Morgan fingerprint density at radius 3 is 2.52 bits per heavy atom. The van der Waals surface area contributed by atoms with E-state index in [4.69, 9.17) is 5.73 Å². The molecule has 1 aromatic carbocycles. The molecule has 0 unspecified atom stereocenters. The third-order valence-corrected chi connectivity index (χ3v) is 6.73. The van der Waals surface area contributed by atoms with Crippen molar-refractivity contribution in [1.29, 1.82) is 0 Å². The van der Waals surface area contributed by atoms with Crippen molar-refractivity contribution in [2.45, 2.75) is 50.5 Å². The van der Waals surface area contributed by atoms with Crippen molar-refractivity contribution in [2.24, 2.45) is 5.92 Å². The summed E-state index contributed by atoms with van der Waals surface area (Å²) in [4.78, 5) is 0.273. The van der Waals surface area contributed by atoms with Gasteiger partial charge in [-0.2, -0.15) is 4.31 Å². The first-order valence-corrected chi connectivity index (χ1v) is 9.62. The van der Waals surface area contributed by atoms with Crippen LogP contribution in [0.1, 0.15) is 39.5 Å². The van der Waals surface area contributed by atoms with Crippen LogP contribution in [0.3, 0.4) is 0 Å². The molecule has 1 aromatic rings. The molecule has 0 atom stereocenters. The van der Waals surface area contributed by atoms with Gasteiger partial charge in [0, 0.05) is 22.7 Å². The van der Waals surface area contributed by atoms with Gasteiger partial charge in [0.15, 0.2) is 0 Å². The molecular weight excluding hydrogens is 352 g/mol. The number of benzene rings is 1. The summed E-state index contributed by atoms with van der Waals surface area (Å²) in [6.07, 6.45) is 4.11. The minimum absolute atomic E-state index is 0.116. The molecule has 0 amide bonds. The highest BCUT2D eigenvalue weighted by atomic mass is 79.9. The minimum Gasteiger partial charge on any atom is -0.399 e. The van der Waals surface area contributed by atoms with Crippen molar-refractivity contribution in [3.63, 3.8) is 0 Å². The van der Waals surface area contributed by atoms with Crippen LogP contribution < -0.4 is 5.73 Å². The van der Waals surface area contributed by atoms with Crippen LogP contribution in [0, 0.1) is 5.92 Å². The number of sulfonamides is 1. The van der Waals surface area contributed by atoms with E-state index in [9.17, 15) is 8.42 Å². The predicted molar refractivity (Wildman–Crippen MR) is 89.5 cm³/mol. The van der Waals surface area contributed by atoms with Gasteiger partial charge in [-0.1, -0.05) is 26.7 Å². The van der Waals surface area contributed by atoms with Gasteiger partial charge in [0.1, 0.15) is 0 Å². The van der Waals surface area contributed by atoms with Crippen LogP contribution in [0.2, 0.25) is 0 Å². The van der Waals surface area contributed by atoms with Crippen LogP contribution in [0.5, 0.6) is 0 Å². The summed E-state index contributed by atoms with van der Waals surface area (Å²) < 4.78 is 28.4. The molecule has 6 heteroatoms. The number of rotatable bonds is 5. The van der Waals surface area contributed by atoms with Crippen molar-refractivity contribution >= 4 is 31.6 Å². The van der Waals surface area contributed by atoms with E-state index in [1.807, 2.05) is 13.8 Å². The van der Waals surface area contributed by atoms with E-state index in [0.717, 1.165) is 25.7 Å². The summed E-state index contributed by atoms with van der Waals surface area (Å²) in [5, 5.41) is 0. The second-order valence-corrected chi connectivity index (χ2v) is 8.81. The molecule has 0 radical (unpaired) electrons. The van der Waals surface area contributed by atoms with E-state index in [1.54, 1.807) is 22.5 Å². The lowest BCUT2D eigenvalue weighted by Gasteiger charge is -2.30. The number of anilines is 1. The Morgan fingerprint density at radius 2 is 1.95 bits per heavy atom. The maximum Gasteiger partial charge on any atom is 0.244 e. The molecule has 21 heavy (non-hydrogen) atoms. The molecule has 1 saturated carbocycles. The minimum atomic E-state index is -3.53. The first kappa shape index (κ1) is 16.8. The molecule has 1 aliphatic carbocycles. The zero-order chi connectivity index (χ0) is 15.6. The van der Waals surface area contributed by atoms with Gasteiger partial charge in [0.25, 0.3) is 0 Å². The van der Waals surface area contributed by atoms with Gasteiger partial charge >= 0.3 is 0 Å². The highest BCUT2D eigenvalue weighted by Crippen LogP contribution is 2.33. The number of nitrogens with two attached hydrogens (primary N) is 1. The van der Waals surface area contributed by atoms with Gasteiger partial charge in [-0.3, -0.25) is 0 Å². The van der Waals surface area contributed by atoms with E-state index >= 15 is 0 Å². The molecule has 4 nitrogen and oxygen atoms in total. The Bertz CT molecular complexity index is 596. The molecule has 0 bridgehead atoms. The topological polar surface area (TPSA) is 63.4 Å². The SMILES string of the molecule is CC(C)CN(C1CCCC1)S(=O)(=O)c1cc(N)ccc1Br. The monoisotopic (exact) mass is 374 g/mol. The number of nitrogen functional groups attached to an aromatic ring is 1. The normalized spacial score (nSPS) is 17.0. The highest BCUT2D eigenvalue weighted by molar-refractivity contribution is 9.10. The maximum atomic E-state index is 13.1. The Morgan fingerprint density at radius 1 is 1.33 bits per heavy atom. The third kappa shape index (κ3) is 3.79. The van der Waals surface area contributed by atoms with Crippen molar-refractivity contribution in [2.75, 3.05) is 12.3 Å². The van der Waals surface area contributed by atoms with Crippen molar-refractivity contribution in [1.82, 2.24) is 4.31 Å². The van der Waals surface area contributed by atoms with Crippen LogP contribution >= 0.6 is 15.9 Å². The predicted octanol–water partition coefficient (Wildman–Crippen LogP) is 3.62. The molecule has 0 spiro atoms. The number of halogens is 1. The molecule has 0 aliphatic heterocycles. The molecule has 118 valence electrons. The molecule has 0 saturated heterocycles. The van der Waals surface area contributed by atoms with Gasteiger partial charge in [-0.15, -0.1) is 0 Å². The van der Waals surface area contributed by atoms with E-state index in [2.05, 4.69) is 15.9 Å². The molecular formula is C15H23BrN2O2S. The molecule has 2 N–H and O–H groups in total. The standard InChI is InChI=1S/C15H23BrN2O2S/c1-11(2)10-18(13-5-3-4-6-13)21(19,20)15-9-12(17)7-8-14(15)16/h7-9,11,13H,3-6,10,17H2,1-2H3. The van der Waals surface area contributed by atoms with Crippen molar-refractivity contribution < 1.29 is 8.42 Å². The maximum absolute atomic E-state index is 13.1.